The van der Waals surface area contributed by atoms with Crippen LogP contribution in [0.5, 0.6) is 0 Å². The number of ketones is 1. The van der Waals surface area contributed by atoms with Crippen molar-refractivity contribution in [3.8, 4) is 10.6 Å². The second-order valence-corrected chi connectivity index (χ2v) is 11.1. The molecule has 6 rings (SSSR count). The summed E-state index contributed by atoms with van der Waals surface area (Å²) in [6.45, 7) is 2.16. The number of carbonyl (C=O) groups excluding carboxylic acids is 2. The van der Waals surface area contributed by atoms with E-state index in [4.69, 9.17) is 4.98 Å². The lowest BCUT2D eigenvalue weighted by atomic mass is 10.00. The third kappa shape index (κ3) is 4.88. The number of urea groups is 1. The zero-order chi connectivity index (χ0) is 26.1. The van der Waals surface area contributed by atoms with Gasteiger partial charge in [-0.3, -0.25) is 15.0 Å². The maximum atomic E-state index is 13.3. The summed E-state index contributed by atoms with van der Waals surface area (Å²) in [7, 11) is 0. The fourth-order valence-electron chi connectivity index (χ4n) is 4.56. The smallest absolute Gasteiger partial charge is 0.294 e. The van der Waals surface area contributed by atoms with E-state index in [0.717, 1.165) is 55.3 Å². The summed E-state index contributed by atoms with van der Waals surface area (Å²) in [5.74, 6) is -0.0741. The van der Waals surface area contributed by atoms with Gasteiger partial charge in [0.2, 0.25) is 0 Å². The number of thiazole rings is 2. The standard InChI is InChI=1S/C30H24N4O2S2/c1-19(35)27-26(16-13-20-8-3-2-4-9-20)37-28(32-27)22-15-14-21-10-7-17-34(24(21)18-22)30(36)33-29-31-23-11-5-6-12-25(23)38-29/h2-6,8-9,11-16,18H,7,10,17H2,1H3,(H,31,33,36)/b16-13+. The molecule has 0 fully saturated rings. The number of hydrogen-bond donors (Lipinski definition) is 1. The monoisotopic (exact) mass is 536 g/mol. The average molecular weight is 537 g/mol. The van der Waals surface area contributed by atoms with E-state index in [2.05, 4.69) is 16.4 Å². The minimum Gasteiger partial charge on any atom is -0.294 e. The van der Waals surface area contributed by atoms with Gasteiger partial charge in [0, 0.05) is 24.7 Å². The molecule has 2 amide bonds. The molecular weight excluding hydrogens is 512 g/mol. The number of aromatic nitrogens is 2. The van der Waals surface area contributed by atoms with Crippen molar-refractivity contribution in [1.82, 2.24) is 9.97 Å². The summed E-state index contributed by atoms with van der Waals surface area (Å²) >= 11 is 2.94. The van der Waals surface area contributed by atoms with Gasteiger partial charge in [-0.15, -0.1) is 11.3 Å². The Kier molecular flexibility index (Phi) is 6.57. The molecule has 0 saturated heterocycles. The maximum Gasteiger partial charge on any atom is 0.328 e. The lowest BCUT2D eigenvalue weighted by molar-refractivity contribution is 0.101. The number of para-hydroxylation sites is 1. The van der Waals surface area contributed by atoms with Crippen LogP contribution in [0.15, 0.2) is 72.8 Å². The zero-order valence-electron chi connectivity index (χ0n) is 20.7. The largest absolute Gasteiger partial charge is 0.328 e. The number of rotatable bonds is 5. The van der Waals surface area contributed by atoms with E-state index in [-0.39, 0.29) is 11.8 Å². The highest BCUT2D eigenvalue weighted by Gasteiger charge is 2.25. The molecule has 1 aliphatic rings. The van der Waals surface area contributed by atoms with Gasteiger partial charge in [0.05, 0.1) is 15.1 Å². The zero-order valence-corrected chi connectivity index (χ0v) is 22.3. The van der Waals surface area contributed by atoms with Crippen molar-refractivity contribution in [2.24, 2.45) is 0 Å². The molecule has 5 aromatic rings. The normalized spacial score (nSPS) is 13.1. The fourth-order valence-corrected chi connectivity index (χ4v) is 6.43. The third-order valence-electron chi connectivity index (χ3n) is 6.42. The van der Waals surface area contributed by atoms with E-state index in [1.54, 1.807) is 11.8 Å². The van der Waals surface area contributed by atoms with Gasteiger partial charge in [0.25, 0.3) is 0 Å². The summed E-state index contributed by atoms with van der Waals surface area (Å²) in [4.78, 5) is 37.6. The number of hydrogen-bond acceptors (Lipinski definition) is 6. The Morgan fingerprint density at radius 3 is 2.58 bits per heavy atom. The van der Waals surface area contributed by atoms with Crippen molar-refractivity contribution in [2.75, 3.05) is 16.8 Å². The summed E-state index contributed by atoms with van der Waals surface area (Å²) in [6.07, 6.45) is 5.73. The van der Waals surface area contributed by atoms with Crippen LogP contribution < -0.4 is 10.2 Å². The van der Waals surface area contributed by atoms with Crippen molar-refractivity contribution in [3.05, 3.63) is 94.5 Å². The second kappa shape index (κ2) is 10.3. The molecule has 188 valence electrons. The van der Waals surface area contributed by atoms with Gasteiger partial charge in [-0.2, -0.15) is 0 Å². The van der Waals surface area contributed by atoms with Crippen LogP contribution in [-0.4, -0.2) is 28.3 Å². The number of anilines is 2. The van der Waals surface area contributed by atoms with Crippen LogP contribution in [0.1, 0.15) is 39.8 Å². The van der Waals surface area contributed by atoms with Gasteiger partial charge in [-0.25, -0.2) is 14.8 Å². The van der Waals surface area contributed by atoms with Gasteiger partial charge in [0.15, 0.2) is 10.9 Å². The van der Waals surface area contributed by atoms with Crippen LogP contribution in [-0.2, 0) is 6.42 Å². The van der Waals surface area contributed by atoms with E-state index < -0.39 is 0 Å². The average Bonchev–Trinajstić information content (AvgIpc) is 3.56. The quantitative estimate of drug-likeness (QED) is 0.233. The number of fused-ring (bicyclic) bond motifs is 2. The lowest BCUT2D eigenvalue weighted by Crippen LogP contribution is -2.38. The highest BCUT2D eigenvalue weighted by molar-refractivity contribution is 7.22. The molecule has 0 atom stereocenters. The number of benzene rings is 3. The van der Waals surface area contributed by atoms with E-state index in [1.165, 1.54) is 22.7 Å². The first-order valence-electron chi connectivity index (χ1n) is 12.4. The first-order valence-corrected chi connectivity index (χ1v) is 14.0. The molecule has 0 unspecified atom stereocenters. The molecule has 0 spiro atoms. The van der Waals surface area contributed by atoms with Crippen LogP contribution in [0, 0.1) is 0 Å². The molecule has 2 aromatic heterocycles. The van der Waals surface area contributed by atoms with Gasteiger partial charge in [-0.05, 0) is 48.2 Å². The Bertz CT molecular complexity index is 1650. The number of nitrogens with one attached hydrogen (secondary N) is 1. The third-order valence-corrected chi connectivity index (χ3v) is 8.44. The first kappa shape index (κ1) is 24.2. The van der Waals surface area contributed by atoms with E-state index in [1.807, 2.05) is 78.9 Å². The first-order chi connectivity index (χ1) is 18.5. The van der Waals surface area contributed by atoms with Crippen molar-refractivity contribution < 1.29 is 9.59 Å². The minimum atomic E-state index is -0.197. The molecule has 0 saturated carbocycles. The van der Waals surface area contributed by atoms with E-state index in [9.17, 15) is 9.59 Å². The van der Waals surface area contributed by atoms with Gasteiger partial charge >= 0.3 is 6.03 Å². The fraction of sp³-hybridized carbons (Fsp3) is 0.133. The molecule has 3 aromatic carbocycles. The van der Waals surface area contributed by atoms with Crippen LogP contribution >= 0.6 is 22.7 Å². The predicted octanol–water partition coefficient (Wildman–Crippen LogP) is 7.78. The predicted molar refractivity (Wildman–Crippen MR) is 157 cm³/mol. The molecular formula is C30H24N4O2S2. The van der Waals surface area contributed by atoms with Crippen molar-refractivity contribution >= 4 is 67.7 Å². The van der Waals surface area contributed by atoms with Crippen LogP contribution in [0.3, 0.4) is 0 Å². The molecule has 3 heterocycles. The number of Topliss-reactive ketones (excluding diaryl/α,β-unsaturated/α-hetero) is 1. The second-order valence-electron chi connectivity index (χ2n) is 9.05. The highest BCUT2D eigenvalue weighted by Crippen LogP contribution is 2.36. The number of nitrogens with zero attached hydrogens (tertiary/aromatic N) is 3. The highest BCUT2D eigenvalue weighted by atomic mass is 32.1. The van der Waals surface area contributed by atoms with Gasteiger partial charge < -0.3 is 0 Å². The van der Waals surface area contributed by atoms with Crippen LogP contribution in [0.2, 0.25) is 0 Å². The summed E-state index contributed by atoms with van der Waals surface area (Å²) in [5, 5.41) is 4.33. The van der Waals surface area contributed by atoms with Gasteiger partial charge in [0.1, 0.15) is 10.7 Å². The summed E-state index contributed by atoms with van der Waals surface area (Å²) in [5.41, 5.74) is 5.26. The van der Waals surface area contributed by atoms with Crippen LogP contribution in [0.25, 0.3) is 32.9 Å². The molecule has 0 radical (unpaired) electrons. The van der Waals surface area contributed by atoms with Crippen LogP contribution in [0.4, 0.5) is 15.6 Å². The topological polar surface area (TPSA) is 75.2 Å². The van der Waals surface area contributed by atoms with Crippen molar-refractivity contribution in [2.45, 2.75) is 19.8 Å². The number of carbonyl (C=O) groups is 2. The van der Waals surface area contributed by atoms with Crippen molar-refractivity contribution in [1.29, 1.82) is 0 Å². The molecule has 38 heavy (non-hydrogen) atoms. The SMILES string of the molecule is CC(=O)c1nc(-c2ccc3c(c2)N(C(=O)Nc2nc4ccccc4s2)CCC3)sc1/C=C/c1ccccc1. The Labute approximate surface area is 228 Å². The van der Waals surface area contributed by atoms with Crippen molar-refractivity contribution in [3.63, 3.8) is 0 Å². The summed E-state index contributed by atoms with van der Waals surface area (Å²) < 4.78 is 1.03. The minimum absolute atomic E-state index is 0.0741. The molecule has 0 bridgehead atoms. The molecule has 6 nitrogen and oxygen atoms in total. The van der Waals surface area contributed by atoms with Gasteiger partial charge in [-0.1, -0.05) is 72.0 Å². The molecule has 0 aliphatic carbocycles. The maximum absolute atomic E-state index is 13.3. The molecule has 1 aliphatic heterocycles. The number of amides is 2. The van der Waals surface area contributed by atoms with E-state index in [0.29, 0.717) is 17.4 Å². The Balaban J connectivity index is 1.30. The Morgan fingerprint density at radius 1 is 0.947 bits per heavy atom. The Morgan fingerprint density at radius 2 is 1.76 bits per heavy atom. The summed E-state index contributed by atoms with van der Waals surface area (Å²) in [6, 6.07) is 23.7. The van der Waals surface area contributed by atoms with E-state index >= 15 is 0 Å². The number of aryl methyl sites for hydroxylation is 1. The lowest BCUT2D eigenvalue weighted by Gasteiger charge is -2.29. The molecule has 1 N–H and O–H groups in total. The Hall–Kier alpha value is -4.14. The molecule has 8 heteroatoms.